The van der Waals surface area contributed by atoms with Crippen LogP contribution in [0.1, 0.15) is 29.8 Å². The van der Waals surface area contributed by atoms with Gasteiger partial charge in [0.15, 0.2) is 5.82 Å². The fraction of sp³-hybridized carbons (Fsp3) is 0.188. The summed E-state index contributed by atoms with van der Waals surface area (Å²) in [6.07, 6.45) is 1.83. The lowest BCUT2D eigenvalue weighted by molar-refractivity contribution is 0.837. The minimum absolute atomic E-state index is 0.148. The molecular formula is C16H16N4. The molecule has 20 heavy (non-hydrogen) atoms. The number of aryl methyl sites for hydroxylation is 1. The molecule has 4 nitrogen and oxygen atoms in total. The highest BCUT2D eigenvalue weighted by molar-refractivity contribution is 5.92. The second-order valence-corrected chi connectivity index (χ2v) is 4.97. The summed E-state index contributed by atoms with van der Waals surface area (Å²) >= 11 is 0. The average molecular weight is 264 g/mol. The maximum Gasteiger partial charge on any atom is 0.153 e. The van der Waals surface area contributed by atoms with Gasteiger partial charge < -0.3 is 5.73 Å². The van der Waals surface area contributed by atoms with E-state index in [1.165, 1.54) is 5.56 Å². The first-order chi connectivity index (χ1) is 9.66. The van der Waals surface area contributed by atoms with Gasteiger partial charge in [-0.1, -0.05) is 31.2 Å². The maximum absolute atomic E-state index is 5.90. The first-order valence-electron chi connectivity index (χ1n) is 6.60. The second kappa shape index (κ2) is 4.89. The summed E-state index contributed by atoms with van der Waals surface area (Å²) in [4.78, 5) is 4.24. The molecule has 0 amide bonds. The van der Waals surface area contributed by atoms with Crippen molar-refractivity contribution < 1.29 is 0 Å². The monoisotopic (exact) mass is 264 g/mol. The van der Waals surface area contributed by atoms with E-state index in [0.717, 1.165) is 22.2 Å². The minimum atomic E-state index is 0.148. The van der Waals surface area contributed by atoms with Gasteiger partial charge in [-0.3, -0.25) is 4.98 Å². The Balaban J connectivity index is 2.17. The van der Waals surface area contributed by atoms with Crippen molar-refractivity contribution in [2.45, 2.75) is 19.8 Å². The highest BCUT2D eigenvalue weighted by Gasteiger charge is 2.15. The van der Waals surface area contributed by atoms with Gasteiger partial charge in [-0.2, -0.15) is 5.10 Å². The number of rotatable bonds is 2. The molecule has 2 N–H and O–H groups in total. The zero-order valence-corrected chi connectivity index (χ0v) is 11.5. The van der Waals surface area contributed by atoms with Crippen molar-refractivity contribution in [3.05, 3.63) is 59.5 Å². The number of nitrogens with zero attached hydrogens (tertiary/aromatic N) is 3. The van der Waals surface area contributed by atoms with Gasteiger partial charge in [0, 0.05) is 28.6 Å². The Labute approximate surface area is 117 Å². The van der Waals surface area contributed by atoms with E-state index in [4.69, 9.17) is 5.73 Å². The fourth-order valence-corrected chi connectivity index (χ4v) is 2.46. The van der Waals surface area contributed by atoms with Crippen LogP contribution in [-0.4, -0.2) is 15.2 Å². The van der Waals surface area contributed by atoms with Crippen molar-refractivity contribution in [1.29, 1.82) is 0 Å². The Kier molecular flexibility index (Phi) is 3.06. The van der Waals surface area contributed by atoms with E-state index >= 15 is 0 Å². The van der Waals surface area contributed by atoms with Gasteiger partial charge in [-0.15, -0.1) is 5.10 Å². The van der Waals surface area contributed by atoms with E-state index in [1.807, 2.05) is 43.5 Å². The topological polar surface area (TPSA) is 64.7 Å². The van der Waals surface area contributed by atoms with Gasteiger partial charge >= 0.3 is 0 Å². The lowest BCUT2D eigenvalue weighted by Crippen LogP contribution is -2.05. The molecule has 0 saturated carbocycles. The van der Waals surface area contributed by atoms with Crippen LogP contribution in [0.25, 0.3) is 10.8 Å². The quantitative estimate of drug-likeness (QED) is 0.772. The number of pyridine rings is 1. The lowest BCUT2D eigenvalue weighted by atomic mass is 9.94. The van der Waals surface area contributed by atoms with Crippen LogP contribution < -0.4 is 5.73 Å². The van der Waals surface area contributed by atoms with Crippen LogP contribution in [-0.2, 0) is 0 Å². The van der Waals surface area contributed by atoms with Crippen molar-refractivity contribution in [3.8, 4) is 0 Å². The molecule has 0 aliphatic rings. The molecule has 0 aliphatic heterocycles. The summed E-state index contributed by atoms with van der Waals surface area (Å²) in [5.74, 6) is 0.622. The van der Waals surface area contributed by atoms with Crippen LogP contribution in [0.15, 0.2) is 42.6 Å². The van der Waals surface area contributed by atoms with Gasteiger partial charge in [0.1, 0.15) is 0 Å². The molecule has 0 radical (unpaired) electrons. The molecular weight excluding hydrogens is 248 g/mol. The molecule has 4 heteroatoms. The predicted molar refractivity (Wildman–Crippen MR) is 80.4 cm³/mol. The van der Waals surface area contributed by atoms with Crippen molar-refractivity contribution in [3.63, 3.8) is 0 Å². The van der Waals surface area contributed by atoms with Gasteiger partial charge in [-0.25, -0.2) is 0 Å². The van der Waals surface area contributed by atoms with Crippen molar-refractivity contribution >= 4 is 16.6 Å². The molecule has 3 rings (SSSR count). The Morgan fingerprint density at radius 2 is 1.80 bits per heavy atom. The van der Waals surface area contributed by atoms with Crippen LogP contribution in [0.2, 0.25) is 0 Å². The van der Waals surface area contributed by atoms with Crippen LogP contribution in [0.3, 0.4) is 0 Å². The lowest BCUT2D eigenvalue weighted by Gasteiger charge is -2.14. The SMILES string of the molecule is Cc1cc(C(C)c2nnc(N)c3ccccc23)ccn1. The van der Waals surface area contributed by atoms with E-state index < -0.39 is 0 Å². The number of fused-ring (bicyclic) bond motifs is 1. The van der Waals surface area contributed by atoms with E-state index in [1.54, 1.807) is 0 Å². The van der Waals surface area contributed by atoms with Gasteiger partial charge in [0.2, 0.25) is 0 Å². The first kappa shape index (κ1) is 12.5. The van der Waals surface area contributed by atoms with Crippen LogP contribution >= 0.6 is 0 Å². The number of nitrogen functional groups attached to an aromatic ring is 1. The van der Waals surface area contributed by atoms with Gasteiger partial charge in [0.25, 0.3) is 0 Å². The van der Waals surface area contributed by atoms with E-state index in [-0.39, 0.29) is 5.92 Å². The smallest absolute Gasteiger partial charge is 0.153 e. The van der Waals surface area contributed by atoms with E-state index in [9.17, 15) is 0 Å². The third kappa shape index (κ3) is 2.09. The van der Waals surface area contributed by atoms with Gasteiger partial charge in [-0.05, 0) is 24.6 Å². The number of hydrogen-bond acceptors (Lipinski definition) is 4. The third-order valence-corrected chi connectivity index (χ3v) is 3.58. The average Bonchev–Trinajstić information content (AvgIpc) is 2.47. The number of benzene rings is 1. The predicted octanol–water partition coefficient (Wildman–Crippen LogP) is 3.07. The highest BCUT2D eigenvalue weighted by Crippen LogP contribution is 2.29. The highest BCUT2D eigenvalue weighted by atomic mass is 15.1. The molecule has 0 spiro atoms. The summed E-state index contributed by atoms with van der Waals surface area (Å²) in [6.45, 7) is 4.12. The molecule has 0 aliphatic carbocycles. The van der Waals surface area contributed by atoms with Crippen LogP contribution in [0.5, 0.6) is 0 Å². The molecule has 2 heterocycles. The summed E-state index contributed by atoms with van der Waals surface area (Å²) in [5.41, 5.74) is 9.03. The van der Waals surface area contributed by atoms with Crippen molar-refractivity contribution in [2.24, 2.45) is 0 Å². The first-order valence-corrected chi connectivity index (χ1v) is 6.60. The molecule has 0 bridgehead atoms. The Morgan fingerprint density at radius 3 is 2.55 bits per heavy atom. The largest absolute Gasteiger partial charge is 0.382 e. The molecule has 100 valence electrons. The summed E-state index contributed by atoms with van der Waals surface area (Å²) < 4.78 is 0. The van der Waals surface area contributed by atoms with E-state index in [0.29, 0.717) is 5.82 Å². The maximum atomic E-state index is 5.90. The Hall–Kier alpha value is -2.49. The van der Waals surface area contributed by atoms with Crippen molar-refractivity contribution in [2.75, 3.05) is 5.73 Å². The Morgan fingerprint density at radius 1 is 1.05 bits per heavy atom. The van der Waals surface area contributed by atoms with Crippen LogP contribution in [0, 0.1) is 6.92 Å². The van der Waals surface area contributed by atoms with E-state index in [2.05, 4.69) is 28.2 Å². The number of nitrogens with two attached hydrogens (primary N) is 1. The molecule has 2 aromatic heterocycles. The molecule has 1 atom stereocenters. The number of aromatic nitrogens is 3. The minimum Gasteiger partial charge on any atom is -0.382 e. The number of hydrogen-bond donors (Lipinski definition) is 1. The summed E-state index contributed by atoms with van der Waals surface area (Å²) in [6, 6.07) is 12.1. The molecule has 0 fully saturated rings. The molecule has 1 aromatic carbocycles. The van der Waals surface area contributed by atoms with Crippen molar-refractivity contribution in [1.82, 2.24) is 15.2 Å². The fourth-order valence-electron chi connectivity index (χ4n) is 2.46. The second-order valence-electron chi connectivity index (χ2n) is 4.97. The zero-order valence-electron chi connectivity index (χ0n) is 11.5. The normalized spacial score (nSPS) is 12.5. The van der Waals surface area contributed by atoms with Gasteiger partial charge in [0.05, 0.1) is 5.69 Å². The van der Waals surface area contributed by atoms with Crippen LogP contribution in [0.4, 0.5) is 5.82 Å². The molecule has 1 unspecified atom stereocenters. The standard InChI is InChI=1S/C16H16N4/c1-10-9-12(7-8-18-10)11(2)15-13-5-3-4-6-14(13)16(17)20-19-15/h3-9,11H,1-2H3,(H2,17,20). The Bertz CT molecular complexity index is 767. The number of anilines is 1. The molecule has 3 aromatic rings. The molecule has 0 saturated heterocycles. The zero-order chi connectivity index (χ0) is 14.1. The summed E-state index contributed by atoms with van der Waals surface area (Å²) in [7, 11) is 0. The third-order valence-electron chi connectivity index (χ3n) is 3.58. The summed E-state index contributed by atoms with van der Waals surface area (Å²) in [5, 5.41) is 10.4.